The molecule has 2 aromatic rings. The minimum absolute atomic E-state index is 0.730. The number of thiophene rings is 1. The molecule has 0 saturated heterocycles. The van der Waals surface area contributed by atoms with E-state index in [0.29, 0.717) is 0 Å². The van der Waals surface area contributed by atoms with E-state index in [2.05, 4.69) is 36.4 Å². The fourth-order valence-corrected chi connectivity index (χ4v) is 2.37. The normalized spacial score (nSPS) is 10.5. The lowest BCUT2D eigenvalue weighted by Crippen LogP contribution is -1.87. The molecule has 1 nitrogen and oxygen atoms in total. The SMILES string of the molecule is CCOCc1ccc(-c2ccccc2)s1. The van der Waals surface area contributed by atoms with Gasteiger partial charge in [-0.25, -0.2) is 0 Å². The Kier molecular flexibility index (Phi) is 3.54. The number of hydrogen-bond donors (Lipinski definition) is 0. The van der Waals surface area contributed by atoms with E-state index in [1.807, 2.05) is 13.0 Å². The van der Waals surface area contributed by atoms with Crippen LogP contribution in [-0.4, -0.2) is 6.61 Å². The molecule has 15 heavy (non-hydrogen) atoms. The first-order valence-electron chi connectivity index (χ1n) is 5.12. The summed E-state index contributed by atoms with van der Waals surface area (Å²) in [5, 5.41) is 0. The van der Waals surface area contributed by atoms with Crippen molar-refractivity contribution in [1.29, 1.82) is 0 Å². The molecule has 0 N–H and O–H groups in total. The van der Waals surface area contributed by atoms with E-state index in [1.54, 1.807) is 11.3 Å². The molecule has 2 rings (SSSR count). The molecule has 0 aliphatic rings. The molecule has 0 atom stereocenters. The molecule has 1 aromatic carbocycles. The molecule has 0 spiro atoms. The number of hydrogen-bond acceptors (Lipinski definition) is 2. The van der Waals surface area contributed by atoms with Crippen LogP contribution in [0.25, 0.3) is 10.4 Å². The van der Waals surface area contributed by atoms with Gasteiger partial charge in [0.1, 0.15) is 0 Å². The number of benzene rings is 1. The van der Waals surface area contributed by atoms with Gasteiger partial charge in [0.2, 0.25) is 0 Å². The molecule has 0 unspecified atom stereocenters. The molecule has 0 radical (unpaired) electrons. The van der Waals surface area contributed by atoms with E-state index in [4.69, 9.17) is 4.74 Å². The minimum atomic E-state index is 0.730. The molecule has 1 heterocycles. The van der Waals surface area contributed by atoms with E-state index in [1.165, 1.54) is 15.3 Å². The van der Waals surface area contributed by atoms with Crippen LogP contribution in [-0.2, 0) is 11.3 Å². The van der Waals surface area contributed by atoms with E-state index in [9.17, 15) is 0 Å². The third kappa shape index (κ3) is 2.67. The topological polar surface area (TPSA) is 9.23 Å². The van der Waals surface area contributed by atoms with Crippen LogP contribution < -0.4 is 0 Å². The van der Waals surface area contributed by atoms with Gasteiger partial charge < -0.3 is 4.74 Å². The molecule has 0 saturated carbocycles. The smallest absolute Gasteiger partial charge is 0.0809 e. The monoisotopic (exact) mass is 218 g/mol. The van der Waals surface area contributed by atoms with Crippen LogP contribution in [0.3, 0.4) is 0 Å². The number of ether oxygens (including phenoxy) is 1. The van der Waals surface area contributed by atoms with Gasteiger partial charge in [0, 0.05) is 16.4 Å². The summed E-state index contributed by atoms with van der Waals surface area (Å²) in [4.78, 5) is 2.60. The maximum Gasteiger partial charge on any atom is 0.0809 e. The third-order valence-corrected chi connectivity index (χ3v) is 3.28. The van der Waals surface area contributed by atoms with Gasteiger partial charge in [0.25, 0.3) is 0 Å². The predicted molar refractivity (Wildman–Crippen MR) is 65.1 cm³/mol. The zero-order chi connectivity index (χ0) is 10.5. The summed E-state index contributed by atoms with van der Waals surface area (Å²) >= 11 is 1.80. The zero-order valence-corrected chi connectivity index (χ0v) is 9.59. The van der Waals surface area contributed by atoms with Gasteiger partial charge in [0.05, 0.1) is 6.61 Å². The quantitative estimate of drug-likeness (QED) is 0.755. The Labute approximate surface area is 94.3 Å². The van der Waals surface area contributed by atoms with Gasteiger partial charge in [-0.2, -0.15) is 0 Å². The van der Waals surface area contributed by atoms with Gasteiger partial charge in [0.15, 0.2) is 0 Å². The van der Waals surface area contributed by atoms with Gasteiger partial charge in [-0.15, -0.1) is 11.3 Å². The Morgan fingerprint density at radius 3 is 2.60 bits per heavy atom. The highest BCUT2D eigenvalue weighted by Crippen LogP contribution is 2.28. The third-order valence-electron chi connectivity index (χ3n) is 2.17. The summed E-state index contributed by atoms with van der Waals surface area (Å²) in [5.74, 6) is 0. The molecule has 2 heteroatoms. The molecule has 0 aliphatic carbocycles. The van der Waals surface area contributed by atoms with Crippen molar-refractivity contribution >= 4 is 11.3 Å². The molecule has 0 aliphatic heterocycles. The van der Waals surface area contributed by atoms with Crippen molar-refractivity contribution < 1.29 is 4.74 Å². The first kappa shape index (κ1) is 10.4. The Bertz CT molecular complexity index is 405. The van der Waals surface area contributed by atoms with Crippen molar-refractivity contribution in [3.05, 3.63) is 47.3 Å². The molecule has 78 valence electrons. The van der Waals surface area contributed by atoms with E-state index in [-0.39, 0.29) is 0 Å². The lowest BCUT2D eigenvalue weighted by atomic mass is 10.2. The summed E-state index contributed by atoms with van der Waals surface area (Å²) in [6, 6.07) is 14.7. The van der Waals surface area contributed by atoms with Gasteiger partial charge in [-0.05, 0) is 24.6 Å². The second-order valence-electron chi connectivity index (χ2n) is 3.27. The van der Waals surface area contributed by atoms with Gasteiger partial charge in [-0.1, -0.05) is 30.3 Å². The molecule has 0 bridgehead atoms. The molecular weight excluding hydrogens is 204 g/mol. The Morgan fingerprint density at radius 2 is 1.87 bits per heavy atom. The van der Waals surface area contributed by atoms with Crippen LogP contribution in [0, 0.1) is 0 Å². The van der Waals surface area contributed by atoms with Crippen molar-refractivity contribution in [2.75, 3.05) is 6.61 Å². The molecule has 0 amide bonds. The summed E-state index contributed by atoms with van der Waals surface area (Å²) in [6.45, 7) is 3.53. The van der Waals surface area contributed by atoms with Gasteiger partial charge in [-0.3, -0.25) is 0 Å². The van der Waals surface area contributed by atoms with Crippen LogP contribution in [0.5, 0.6) is 0 Å². The van der Waals surface area contributed by atoms with Crippen molar-refractivity contribution in [2.45, 2.75) is 13.5 Å². The minimum Gasteiger partial charge on any atom is -0.376 e. The summed E-state index contributed by atoms with van der Waals surface area (Å²) < 4.78 is 5.38. The molecule has 0 fully saturated rings. The second-order valence-corrected chi connectivity index (χ2v) is 4.44. The average Bonchev–Trinajstić information content (AvgIpc) is 2.76. The van der Waals surface area contributed by atoms with Crippen LogP contribution in [0.15, 0.2) is 42.5 Å². The Hall–Kier alpha value is -1.12. The van der Waals surface area contributed by atoms with Crippen molar-refractivity contribution in [3.63, 3.8) is 0 Å². The fraction of sp³-hybridized carbons (Fsp3) is 0.231. The lowest BCUT2D eigenvalue weighted by molar-refractivity contribution is 0.136. The lowest BCUT2D eigenvalue weighted by Gasteiger charge is -1.97. The van der Waals surface area contributed by atoms with Crippen molar-refractivity contribution in [1.82, 2.24) is 0 Å². The summed E-state index contributed by atoms with van der Waals surface area (Å²) in [6.07, 6.45) is 0. The molecular formula is C13H14OS. The van der Waals surface area contributed by atoms with Crippen LogP contribution >= 0.6 is 11.3 Å². The average molecular weight is 218 g/mol. The highest BCUT2D eigenvalue weighted by atomic mass is 32.1. The highest BCUT2D eigenvalue weighted by Gasteiger charge is 2.01. The Balaban J connectivity index is 2.14. The van der Waals surface area contributed by atoms with Crippen LogP contribution in [0.1, 0.15) is 11.8 Å². The van der Waals surface area contributed by atoms with E-state index < -0.39 is 0 Å². The number of rotatable bonds is 4. The maximum atomic E-state index is 5.38. The van der Waals surface area contributed by atoms with E-state index in [0.717, 1.165) is 13.2 Å². The van der Waals surface area contributed by atoms with Crippen molar-refractivity contribution in [2.24, 2.45) is 0 Å². The van der Waals surface area contributed by atoms with E-state index >= 15 is 0 Å². The fourth-order valence-electron chi connectivity index (χ4n) is 1.42. The standard InChI is InChI=1S/C13H14OS/c1-2-14-10-12-8-9-13(15-12)11-6-4-3-5-7-11/h3-9H,2,10H2,1H3. The van der Waals surface area contributed by atoms with Gasteiger partial charge >= 0.3 is 0 Å². The second kappa shape index (κ2) is 5.10. The molecule has 1 aromatic heterocycles. The largest absolute Gasteiger partial charge is 0.376 e. The van der Waals surface area contributed by atoms with Crippen LogP contribution in [0.4, 0.5) is 0 Å². The first-order chi connectivity index (χ1) is 7.40. The summed E-state index contributed by atoms with van der Waals surface area (Å²) in [5.41, 5.74) is 1.28. The van der Waals surface area contributed by atoms with Crippen molar-refractivity contribution in [3.8, 4) is 10.4 Å². The zero-order valence-electron chi connectivity index (χ0n) is 8.77. The predicted octanol–water partition coefficient (Wildman–Crippen LogP) is 3.95. The van der Waals surface area contributed by atoms with Crippen LogP contribution in [0.2, 0.25) is 0 Å². The maximum absolute atomic E-state index is 5.38. The summed E-state index contributed by atoms with van der Waals surface area (Å²) in [7, 11) is 0. The first-order valence-corrected chi connectivity index (χ1v) is 5.93. The highest BCUT2D eigenvalue weighted by molar-refractivity contribution is 7.15. The Morgan fingerprint density at radius 1 is 1.07 bits per heavy atom.